The van der Waals surface area contributed by atoms with Crippen molar-refractivity contribution in [3.8, 4) is 5.75 Å². The summed E-state index contributed by atoms with van der Waals surface area (Å²) in [5, 5.41) is 4.12. The van der Waals surface area contributed by atoms with Crippen LogP contribution < -0.4 is 10.1 Å². The van der Waals surface area contributed by atoms with Gasteiger partial charge in [0, 0.05) is 22.6 Å². The summed E-state index contributed by atoms with van der Waals surface area (Å²) >= 11 is 12.3. The predicted octanol–water partition coefficient (Wildman–Crippen LogP) is 5.41. The Morgan fingerprint density at radius 1 is 1.12 bits per heavy atom. The van der Waals surface area contributed by atoms with Crippen LogP contribution in [0.25, 0.3) is 0 Å². The Labute approximate surface area is 200 Å². The Morgan fingerprint density at radius 3 is 2.41 bits per heavy atom. The fourth-order valence-electron chi connectivity index (χ4n) is 4.14. The highest BCUT2D eigenvalue weighted by Gasteiger charge is 2.30. The largest absolute Gasteiger partial charge is 0.497 e. The number of hydrogen-bond acceptors (Lipinski definition) is 3. The van der Waals surface area contributed by atoms with Crippen LogP contribution in [0.5, 0.6) is 5.75 Å². The summed E-state index contributed by atoms with van der Waals surface area (Å²) in [6, 6.07) is 12.3. The molecule has 0 heterocycles. The smallest absolute Gasteiger partial charge is 0.243 e. The maximum atomic E-state index is 13.4. The summed E-state index contributed by atoms with van der Waals surface area (Å²) in [5.74, 6) is 0.493. The Morgan fingerprint density at radius 2 is 1.81 bits per heavy atom. The number of nitrogens with zero attached hydrogens (tertiary/aromatic N) is 1. The van der Waals surface area contributed by atoms with Gasteiger partial charge in [-0.3, -0.25) is 9.59 Å². The van der Waals surface area contributed by atoms with Gasteiger partial charge in [0.1, 0.15) is 11.8 Å². The third kappa shape index (κ3) is 6.39. The molecule has 5 nitrogen and oxygen atoms in total. The van der Waals surface area contributed by atoms with Crippen molar-refractivity contribution in [3.05, 3.63) is 63.6 Å². The number of benzene rings is 2. The van der Waals surface area contributed by atoms with Crippen molar-refractivity contribution in [2.45, 2.75) is 64.1 Å². The van der Waals surface area contributed by atoms with Crippen LogP contribution in [0.1, 0.15) is 50.2 Å². The second kappa shape index (κ2) is 11.6. The molecule has 0 saturated heterocycles. The SMILES string of the molecule is CC[C@H](C(=O)NC1CCCC1)N(Cc1ccc(OC)cc1)C(=O)Cc1ccc(Cl)cc1Cl. The van der Waals surface area contributed by atoms with E-state index in [2.05, 4.69) is 5.32 Å². The van der Waals surface area contributed by atoms with Gasteiger partial charge in [0.15, 0.2) is 0 Å². The van der Waals surface area contributed by atoms with Crippen LogP contribution in [0.3, 0.4) is 0 Å². The Balaban J connectivity index is 1.83. The topological polar surface area (TPSA) is 58.6 Å². The molecule has 1 aliphatic carbocycles. The molecule has 0 unspecified atom stereocenters. The number of halogens is 2. The minimum atomic E-state index is -0.559. The number of rotatable bonds is 9. The number of hydrogen-bond donors (Lipinski definition) is 1. The van der Waals surface area contributed by atoms with Crippen molar-refractivity contribution >= 4 is 35.0 Å². The van der Waals surface area contributed by atoms with E-state index in [1.807, 2.05) is 31.2 Å². The third-order valence-electron chi connectivity index (χ3n) is 5.96. The van der Waals surface area contributed by atoms with E-state index in [1.54, 1.807) is 30.2 Å². The van der Waals surface area contributed by atoms with Crippen molar-refractivity contribution in [2.24, 2.45) is 0 Å². The van der Waals surface area contributed by atoms with Gasteiger partial charge in [-0.1, -0.05) is 61.2 Å². The molecule has 0 radical (unpaired) electrons. The van der Waals surface area contributed by atoms with E-state index in [0.29, 0.717) is 28.6 Å². The highest BCUT2D eigenvalue weighted by molar-refractivity contribution is 6.35. The fraction of sp³-hybridized carbons (Fsp3) is 0.440. The summed E-state index contributed by atoms with van der Waals surface area (Å²) in [4.78, 5) is 28.3. The van der Waals surface area contributed by atoms with Gasteiger partial charge in [0.05, 0.1) is 13.5 Å². The Bertz CT molecular complexity index is 927. The molecule has 3 rings (SSSR count). The molecule has 1 atom stereocenters. The molecule has 1 aliphatic rings. The molecule has 32 heavy (non-hydrogen) atoms. The lowest BCUT2D eigenvalue weighted by Gasteiger charge is -2.31. The first-order valence-corrected chi connectivity index (χ1v) is 11.8. The van der Waals surface area contributed by atoms with E-state index in [0.717, 1.165) is 37.0 Å². The standard InChI is InChI=1S/C25H30Cl2N2O3/c1-3-23(25(31)28-20-6-4-5-7-20)29(16-17-8-12-21(32-2)13-9-17)24(30)14-18-10-11-19(26)15-22(18)27/h8-13,15,20,23H,3-7,14,16H2,1-2H3,(H,28,31)/t23-/m1/s1. The molecule has 1 saturated carbocycles. The molecule has 172 valence electrons. The summed E-state index contributed by atoms with van der Waals surface area (Å²) in [6.07, 6.45) is 4.87. The van der Waals surface area contributed by atoms with Crippen LogP contribution in [0.2, 0.25) is 10.0 Å². The molecule has 1 N–H and O–H groups in total. The van der Waals surface area contributed by atoms with Crippen LogP contribution in [0.4, 0.5) is 0 Å². The molecule has 0 bridgehead atoms. The van der Waals surface area contributed by atoms with Crippen molar-refractivity contribution in [3.63, 3.8) is 0 Å². The first-order chi connectivity index (χ1) is 15.4. The van der Waals surface area contributed by atoms with Gasteiger partial charge in [-0.15, -0.1) is 0 Å². The molecule has 0 spiro atoms. The Hall–Kier alpha value is -2.24. The first kappa shape index (κ1) is 24.4. The molecule has 2 amide bonds. The molecule has 2 aromatic carbocycles. The lowest BCUT2D eigenvalue weighted by molar-refractivity contribution is -0.141. The van der Waals surface area contributed by atoms with E-state index < -0.39 is 6.04 Å². The second-order valence-electron chi connectivity index (χ2n) is 8.20. The number of ether oxygens (including phenoxy) is 1. The number of carbonyl (C=O) groups excluding carboxylic acids is 2. The molecule has 2 aromatic rings. The number of amides is 2. The zero-order chi connectivity index (χ0) is 23.1. The van der Waals surface area contributed by atoms with Crippen molar-refractivity contribution in [1.82, 2.24) is 10.2 Å². The average Bonchev–Trinajstić information content (AvgIpc) is 3.29. The fourth-order valence-corrected chi connectivity index (χ4v) is 4.62. The zero-order valence-corrected chi connectivity index (χ0v) is 20.1. The highest BCUT2D eigenvalue weighted by atomic mass is 35.5. The highest BCUT2D eigenvalue weighted by Crippen LogP contribution is 2.24. The minimum Gasteiger partial charge on any atom is -0.497 e. The van der Waals surface area contributed by atoms with Gasteiger partial charge < -0.3 is 15.0 Å². The molecular formula is C25H30Cl2N2O3. The third-order valence-corrected chi connectivity index (χ3v) is 6.54. The summed E-state index contributed by atoms with van der Waals surface area (Å²) in [5.41, 5.74) is 1.61. The predicted molar refractivity (Wildman–Crippen MR) is 128 cm³/mol. The van der Waals surface area contributed by atoms with Crippen LogP contribution in [-0.4, -0.2) is 35.9 Å². The van der Waals surface area contributed by atoms with E-state index in [4.69, 9.17) is 27.9 Å². The van der Waals surface area contributed by atoms with Gasteiger partial charge in [-0.25, -0.2) is 0 Å². The molecular weight excluding hydrogens is 447 g/mol. The molecule has 7 heteroatoms. The molecule has 1 fully saturated rings. The van der Waals surface area contributed by atoms with E-state index in [1.165, 1.54) is 0 Å². The number of nitrogens with one attached hydrogen (secondary N) is 1. The maximum absolute atomic E-state index is 13.4. The summed E-state index contributed by atoms with van der Waals surface area (Å²) < 4.78 is 5.23. The van der Waals surface area contributed by atoms with Gasteiger partial charge in [-0.05, 0) is 54.7 Å². The van der Waals surface area contributed by atoms with E-state index >= 15 is 0 Å². The Kier molecular flexibility index (Phi) is 8.83. The number of methoxy groups -OCH3 is 1. The minimum absolute atomic E-state index is 0.0940. The summed E-state index contributed by atoms with van der Waals surface area (Å²) in [7, 11) is 1.61. The summed E-state index contributed by atoms with van der Waals surface area (Å²) in [6.45, 7) is 2.26. The quantitative estimate of drug-likeness (QED) is 0.526. The monoisotopic (exact) mass is 476 g/mol. The lowest BCUT2D eigenvalue weighted by Crippen LogP contribution is -2.51. The van der Waals surface area contributed by atoms with Crippen molar-refractivity contribution < 1.29 is 14.3 Å². The second-order valence-corrected chi connectivity index (χ2v) is 9.04. The van der Waals surface area contributed by atoms with Crippen LogP contribution in [0, 0.1) is 0 Å². The van der Waals surface area contributed by atoms with Gasteiger partial charge >= 0.3 is 0 Å². The van der Waals surface area contributed by atoms with Crippen LogP contribution >= 0.6 is 23.2 Å². The zero-order valence-electron chi connectivity index (χ0n) is 18.6. The number of carbonyl (C=O) groups is 2. The van der Waals surface area contributed by atoms with Gasteiger partial charge in [0.2, 0.25) is 11.8 Å². The normalized spacial score (nSPS) is 14.8. The first-order valence-electron chi connectivity index (χ1n) is 11.1. The molecule has 0 aliphatic heterocycles. The maximum Gasteiger partial charge on any atom is 0.243 e. The van der Waals surface area contributed by atoms with Crippen molar-refractivity contribution in [1.29, 1.82) is 0 Å². The lowest BCUT2D eigenvalue weighted by atomic mass is 10.1. The average molecular weight is 477 g/mol. The van der Waals surface area contributed by atoms with Crippen LogP contribution in [0.15, 0.2) is 42.5 Å². The molecule has 0 aromatic heterocycles. The van der Waals surface area contributed by atoms with Gasteiger partial charge in [-0.2, -0.15) is 0 Å². The van der Waals surface area contributed by atoms with Crippen molar-refractivity contribution in [2.75, 3.05) is 7.11 Å². The van der Waals surface area contributed by atoms with Crippen LogP contribution in [-0.2, 0) is 22.6 Å². The van der Waals surface area contributed by atoms with Gasteiger partial charge in [0.25, 0.3) is 0 Å². The van der Waals surface area contributed by atoms with E-state index in [-0.39, 0.29) is 24.3 Å². The van der Waals surface area contributed by atoms with E-state index in [9.17, 15) is 9.59 Å².